The van der Waals surface area contributed by atoms with Crippen LogP contribution in [0.3, 0.4) is 0 Å². The molecule has 1 unspecified atom stereocenters. The van der Waals surface area contributed by atoms with E-state index in [1.807, 2.05) is 0 Å². The van der Waals surface area contributed by atoms with E-state index in [1.54, 1.807) is 71.8 Å². The summed E-state index contributed by atoms with van der Waals surface area (Å²) in [5.74, 6) is -0.913. The quantitative estimate of drug-likeness (QED) is 0.194. The number of anilines is 3. The number of alkyl halides is 1. The lowest BCUT2D eigenvalue weighted by Gasteiger charge is -2.53. The number of amides is 3. The van der Waals surface area contributed by atoms with Gasteiger partial charge < -0.3 is 29.6 Å². The summed E-state index contributed by atoms with van der Waals surface area (Å²) >= 11 is 0. The van der Waals surface area contributed by atoms with Crippen LogP contribution in [-0.2, 0) is 11.2 Å². The first-order chi connectivity index (χ1) is 25.2. The van der Waals surface area contributed by atoms with E-state index < -0.39 is 17.9 Å². The molecule has 3 aliphatic heterocycles. The topological polar surface area (TPSA) is 130 Å². The Kier molecular flexibility index (Phi) is 9.95. The van der Waals surface area contributed by atoms with Crippen LogP contribution in [0.5, 0.6) is 0 Å². The molecule has 2 fully saturated rings. The van der Waals surface area contributed by atoms with Crippen LogP contribution < -0.4 is 20.4 Å². The largest absolute Gasteiger partial charge is 0.432 e. The van der Waals surface area contributed by atoms with Crippen LogP contribution in [0.1, 0.15) is 56.9 Å². The molecular formula is C39H38F2N6O5. The van der Waals surface area contributed by atoms with E-state index in [4.69, 9.17) is 9.15 Å². The fourth-order valence-electron chi connectivity index (χ4n) is 6.83. The first-order valence-corrected chi connectivity index (χ1v) is 17.2. The molecule has 13 heteroatoms. The number of carbonyl (C=O) groups excluding carboxylic acids is 3. The highest BCUT2D eigenvalue weighted by Gasteiger charge is 2.45. The van der Waals surface area contributed by atoms with E-state index in [1.165, 1.54) is 13.0 Å². The maximum Gasteiger partial charge on any atom is 0.307 e. The van der Waals surface area contributed by atoms with Gasteiger partial charge in [-0.1, -0.05) is 18.2 Å². The Morgan fingerprint density at radius 2 is 1.79 bits per heavy atom. The third-order valence-electron chi connectivity index (χ3n) is 9.58. The normalized spacial score (nSPS) is 17.2. The monoisotopic (exact) mass is 708 g/mol. The van der Waals surface area contributed by atoms with Crippen LogP contribution in [0.2, 0.25) is 0 Å². The van der Waals surface area contributed by atoms with Crippen molar-refractivity contribution < 1.29 is 32.3 Å². The fourth-order valence-corrected chi connectivity index (χ4v) is 6.83. The van der Waals surface area contributed by atoms with Crippen LogP contribution in [-0.4, -0.2) is 73.3 Å². The van der Waals surface area contributed by atoms with Crippen molar-refractivity contribution in [2.75, 3.05) is 54.5 Å². The first kappa shape index (κ1) is 34.7. The molecule has 3 amide bonds. The van der Waals surface area contributed by atoms with E-state index >= 15 is 0 Å². The molecule has 268 valence electrons. The van der Waals surface area contributed by atoms with E-state index in [9.17, 15) is 23.2 Å². The Bertz CT molecular complexity index is 2030. The molecule has 2 aromatic carbocycles. The zero-order valence-corrected chi connectivity index (χ0v) is 28.6. The van der Waals surface area contributed by atoms with Gasteiger partial charge >= 0.3 is 5.91 Å². The number of allylic oxidation sites excluding steroid dienone is 3. The number of hydrogen-bond acceptors (Lipinski definition) is 8. The third-order valence-corrected chi connectivity index (χ3v) is 9.58. The Balaban J connectivity index is 1.01. The third kappa shape index (κ3) is 7.35. The molecule has 4 aromatic rings. The van der Waals surface area contributed by atoms with Gasteiger partial charge in [0.05, 0.1) is 29.3 Å². The highest BCUT2D eigenvalue weighted by Crippen LogP contribution is 2.42. The second-order valence-corrected chi connectivity index (χ2v) is 13.3. The van der Waals surface area contributed by atoms with Crippen LogP contribution in [0, 0.1) is 5.41 Å². The molecule has 11 nitrogen and oxygen atoms in total. The number of nitrogens with one attached hydrogen (secondary N) is 2. The van der Waals surface area contributed by atoms with Gasteiger partial charge in [-0.2, -0.15) is 0 Å². The van der Waals surface area contributed by atoms with Crippen LogP contribution in [0.4, 0.5) is 26.0 Å². The van der Waals surface area contributed by atoms with Gasteiger partial charge in [-0.3, -0.25) is 14.4 Å². The molecule has 5 heterocycles. The summed E-state index contributed by atoms with van der Waals surface area (Å²) < 4.78 is 38.4. The molecule has 1 spiro atoms. The zero-order chi connectivity index (χ0) is 36.2. The van der Waals surface area contributed by atoms with Crippen molar-refractivity contribution >= 4 is 34.9 Å². The number of rotatable bonds is 9. The molecule has 52 heavy (non-hydrogen) atoms. The smallest absolute Gasteiger partial charge is 0.307 e. The van der Waals surface area contributed by atoms with Crippen LogP contribution >= 0.6 is 0 Å². The molecule has 0 bridgehead atoms. The van der Waals surface area contributed by atoms with Gasteiger partial charge in [-0.05, 0) is 80.4 Å². The van der Waals surface area contributed by atoms with Crippen LogP contribution in [0.15, 0.2) is 95.3 Å². The van der Waals surface area contributed by atoms with E-state index in [2.05, 4.69) is 25.5 Å². The summed E-state index contributed by atoms with van der Waals surface area (Å²) in [4.78, 5) is 52.8. The summed E-state index contributed by atoms with van der Waals surface area (Å²) in [6.07, 6.45) is 5.97. The van der Waals surface area contributed by atoms with Gasteiger partial charge in [0.25, 0.3) is 17.7 Å². The zero-order valence-electron chi connectivity index (χ0n) is 28.6. The highest BCUT2D eigenvalue weighted by molar-refractivity contribution is 6.10. The first-order valence-electron chi connectivity index (χ1n) is 17.2. The maximum atomic E-state index is 14.2. The number of fused-ring (bicyclic) bond motifs is 3. The van der Waals surface area contributed by atoms with Gasteiger partial charge in [0, 0.05) is 67.7 Å². The molecule has 0 saturated carbocycles. The Morgan fingerprint density at radius 1 is 1.02 bits per heavy atom. The number of halogens is 2. The van der Waals surface area contributed by atoms with Crippen LogP contribution in [0.25, 0.3) is 11.3 Å². The van der Waals surface area contributed by atoms with E-state index in [-0.39, 0.29) is 36.2 Å². The van der Waals surface area contributed by atoms with Crippen molar-refractivity contribution in [1.29, 1.82) is 0 Å². The number of oxazole rings is 1. The highest BCUT2D eigenvalue weighted by atomic mass is 19.1. The summed E-state index contributed by atoms with van der Waals surface area (Å²) in [6.45, 7) is 4.38. The van der Waals surface area contributed by atoms with Crippen molar-refractivity contribution in [2.24, 2.45) is 5.41 Å². The van der Waals surface area contributed by atoms with E-state index in [0.717, 1.165) is 51.3 Å². The lowest BCUT2D eigenvalue weighted by atomic mass is 9.73. The van der Waals surface area contributed by atoms with Gasteiger partial charge in [-0.25, -0.2) is 18.7 Å². The van der Waals surface area contributed by atoms with Gasteiger partial charge in [0.15, 0.2) is 5.76 Å². The fraction of sp³-hybridized carbons (Fsp3) is 0.308. The Labute approximate surface area is 299 Å². The summed E-state index contributed by atoms with van der Waals surface area (Å²) in [5.41, 5.74) is 3.31. The van der Waals surface area contributed by atoms with Crippen molar-refractivity contribution in [3.8, 4) is 11.3 Å². The van der Waals surface area contributed by atoms with Crippen molar-refractivity contribution in [3.05, 3.63) is 114 Å². The van der Waals surface area contributed by atoms with Crippen molar-refractivity contribution in [2.45, 2.75) is 32.4 Å². The molecule has 2 saturated heterocycles. The number of para-hydroxylation sites is 1. The van der Waals surface area contributed by atoms with Gasteiger partial charge in [0.2, 0.25) is 0 Å². The minimum Gasteiger partial charge on any atom is -0.432 e. The molecule has 0 radical (unpaired) electrons. The average Bonchev–Trinajstić information content (AvgIpc) is 3.51. The minimum absolute atomic E-state index is 0.223. The second-order valence-electron chi connectivity index (χ2n) is 13.3. The Hall–Kier alpha value is -5.69. The molecule has 2 aromatic heterocycles. The Morgan fingerprint density at radius 3 is 2.56 bits per heavy atom. The predicted octanol–water partition coefficient (Wildman–Crippen LogP) is 6.31. The molecule has 7 rings (SSSR count). The number of hydrogen-bond donors (Lipinski definition) is 2. The van der Waals surface area contributed by atoms with Crippen molar-refractivity contribution in [1.82, 2.24) is 15.3 Å². The number of pyridine rings is 1. The predicted molar refractivity (Wildman–Crippen MR) is 192 cm³/mol. The molecule has 2 N–H and O–H groups in total. The minimum atomic E-state index is -1.53. The summed E-state index contributed by atoms with van der Waals surface area (Å²) in [5, 5.41) is 5.40. The van der Waals surface area contributed by atoms with Gasteiger partial charge in [-0.15, -0.1) is 0 Å². The second kappa shape index (κ2) is 14.9. The number of benzene rings is 2. The maximum absolute atomic E-state index is 14.2. The summed E-state index contributed by atoms with van der Waals surface area (Å²) in [6, 6.07) is 17.4. The molecule has 3 aliphatic rings. The van der Waals surface area contributed by atoms with Crippen molar-refractivity contribution in [3.63, 3.8) is 0 Å². The number of aromatic nitrogens is 2. The molecular weight excluding hydrogens is 670 g/mol. The van der Waals surface area contributed by atoms with Gasteiger partial charge in [0.1, 0.15) is 12.0 Å². The SMILES string of the molecule is C/C(F)=C\C=C/C(F)CNC(=O)c1nc2c(o1)-c1ccccc1N(C(=O)c1ccc(NC(=O)c3cccnc3N3CC4(CCOCC4)C3)cc1)CC2. The number of ether oxygens (including phenoxy) is 1. The standard InChI is InChI=1S/C39H38F2N6O5/c1-25(40)6-4-7-27(41)22-43-36(49)37-45-31-15-19-47(32-10-3-2-8-29(32)33(31)52-37)38(50)26-11-13-28(14-12-26)44-35(48)30-9-5-18-42-34(30)46-23-39(24-46)16-20-51-21-17-39/h2-14,18,27H,15-17,19-24H2,1H3,(H,43,49)(H,44,48)/b7-4-,25-6+. The lowest BCUT2D eigenvalue weighted by Crippen LogP contribution is -2.59. The van der Waals surface area contributed by atoms with E-state index in [0.29, 0.717) is 51.8 Å². The molecule has 1 atom stereocenters. The molecule has 0 aliphatic carbocycles. The average molecular weight is 709 g/mol. The number of carbonyl (C=O) groups is 3. The lowest BCUT2D eigenvalue weighted by molar-refractivity contribution is -0.000510. The summed E-state index contributed by atoms with van der Waals surface area (Å²) in [7, 11) is 0. The number of nitrogens with zero attached hydrogens (tertiary/aromatic N) is 4.